The lowest BCUT2D eigenvalue weighted by Crippen LogP contribution is -2.07. The third kappa shape index (κ3) is 8.60. The van der Waals surface area contributed by atoms with Gasteiger partial charge in [0.25, 0.3) is 20.2 Å². The molecular weight excluding hydrogens is 675 g/mol. The van der Waals surface area contributed by atoms with Gasteiger partial charge in [0.15, 0.2) is 28.3 Å². The largest absolute Gasteiger partial charge is 0.505 e. The van der Waals surface area contributed by atoms with Crippen LogP contribution >= 0.6 is 12.0 Å². The summed E-state index contributed by atoms with van der Waals surface area (Å²) in [7, 11) is -9.93. The highest BCUT2D eigenvalue weighted by atomic mass is 32.2. The van der Waals surface area contributed by atoms with Gasteiger partial charge < -0.3 is 15.0 Å². The number of hydrogen-bond donors (Lipinski definition) is 6. The van der Waals surface area contributed by atoms with Gasteiger partial charge in [-0.05, 0) is 36.4 Å². The van der Waals surface area contributed by atoms with Crippen molar-refractivity contribution >= 4 is 82.6 Å². The van der Waals surface area contributed by atoms with Crippen molar-refractivity contribution in [2.24, 2.45) is 10.2 Å². The average Bonchev–Trinajstić information content (AvgIpc) is 2.87. The Kier molecular flexibility index (Phi) is 11.3. The zero-order chi connectivity index (χ0) is 31.2. The second kappa shape index (κ2) is 14.1. The number of phenolic OH excluding ortho intramolecular Hbond substituents is 1. The first-order chi connectivity index (χ1) is 19.6. The van der Waals surface area contributed by atoms with E-state index in [1.165, 1.54) is 6.07 Å². The maximum atomic E-state index is 12.0. The third-order valence-electron chi connectivity index (χ3n) is 4.72. The standard InChI is InChI=1S/C18H17N3O16S5/c19-12-3-2-10-11(18(12)42(30,31)32)8-14(34-40(25)26)16(17(10)22)21-20-13-4-1-9(7-15(13)41(27,28)29)38-36-33-5-6-39(24)37-35-23/h1-4,7-8,22-23H,5-6,19H2,(H,25,26)(H,27,28,29)(H,30,31,32). The fourth-order valence-corrected chi connectivity index (χ4v) is 5.78. The van der Waals surface area contributed by atoms with Crippen molar-refractivity contribution in [2.45, 2.75) is 14.7 Å². The summed E-state index contributed by atoms with van der Waals surface area (Å²) in [5, 5.41) is 28.7. The first-order valence-corrected chi connectivity index (χ1v) is 16.2. The molecule has 2 atom stereocenters. The zero-order valence-electron chi connectivity index (χ0n) is 20.1. The topological polar surface area (TPSA) is 300 Å². The average molecular weight is 692 g/mol. The van der Waals surface area contributed by atoms with Crippen molar-refractivity contribution in [3.8, 4) is 11.5 Å². The number of benzene rings is 3. The van der Waals surface area contributed by atoms with Crippen LogP contribution in [0.4, 0.5) is 17.1 Å². The quantitative estimate of drug-likeness (QED) is 0.0207. The van der Waals surface area contributed by atoms with Crippen LogP contribution in [0.15, 0.2) is 61.3 Å². The lowest BCUT2D eigenvalue weighted by atomic mass is 10.1. The Labute approximate surface area is 244 Å². The molecule has 42 heavy (non-hydrogen) atoms. The zero-order valence-corrected chi connectivity index (χ0v) is 24.2. The summed E-state index contributed by atoms with van der Waals surface area (Å²) in [5.41, 5.74) is 4.02. The van der Waals surface area contributed by atoms with Gasteiger partial charge in [0, 0.05) is 15.7 Å². The van der Waals surface area contributed by atoms with Crippen LogP contribution in [-0.2, 0) is 61.3 Å². The molecule has 0 saturated carbocycles. The number of fused-ring (bicyclic) bond motifs is 1. The van der Waals surface area contributed by atoms with E-state index in [0.717, 1.165) is 30.3 Å². The number of hydrogen-bond acceptors (Lipinski definition) is 17. The molecule has 2 unspecified atom stereocenters. The summed E-state index contributed by atoms with van der Waals surface area (Å²) in [6, 6.07) is 6.15. The van der Waals surface area contributed by atoms with Crippen LogP contribution in [-0.4, -0.2) is 61.6 Å². The highest BCUT2D eigenvalue weighted by Gasteiger charge is 2.25. The summed E-state index contributed by atoms with van der Waals surface area (Å²) in [6.07, 6.45) is 0. The van der Waals surface area contributed by atoms with Gasteiger partial charge >= 0.3 is 11.4 Å². The maximum absolute atomic E-state index is 12.0. The van der Waals surface area contributed by atoms with Gasteiger partial charge in [0.1, 0.15) is 15.5 Å². The highest BCUT2D eigenvalue weighted by molar-refractivity contribution is 7.94. The predicted molar refractivity (Wildman–Crippen MR) is 142 cm³/mol. The SMILES string of the molecule is Nc1ccc2c(O)c(N=Nc3ccc(SOOCCS(=O)OOO)cc3S(=O)(=O)O)c(OS(=O)O)cc2c1S(=O)(=O)O. The number of aromatic hydroxyl groups is 1. The summed E-state index contributed by atoms with van der Waals surface area (Å²) >= 11 is -4.64. The van der Waals surface area contributed by atoms with Crippen molar-refractivity contribution in [1.82, 2.24) is 0 Å². The molecule has 0 saturated heterocycles. The molecule has 0 amide bonds. The minimum Gasteiger partial charge on any atom is -0.505 e. The van der Waals surface area contributed by atoms with E-state index in [9.17, 15) is 44.0 Å². The molecule has 7 N–H and O–H groups in total. The molecule has 230 valence electrons. The fourth-order valence-electron chi connectivity index (χ4n) is 3.14. The van der Waals surface area contributed by atoms with Crippen LogP contribution in [0.1, 0.15) is 0 Å². The van der Waals surface area contributed by atoms with E-state index in [1.807, 2.05) is 0 Å². The van der Waals surface area contributed by atoms with E-state index in [4.69, 9.17) is 20.2 Å². The van der Waals surface area contributed by atoms with Crippen molar-refractivity contribution in [3.05, 3.63) is 36.4 Å². The summed E-state index contributed by atoms with van der Waals surface area (Å²) in [5.74, 6) is -1.88. The van der Waals surface area contributed by atoms with E-state index < -0.39 is 86.4 Å². The second-order valence-corrected chi connectivity index (χ2v) is 12.6. The van der Waals surface area contributed by atoms with Crippen LogP contribution in [0.5, 0.6) is 11.5 Å². The lowest BCUT2D eigenvalue weighted by Gasteiger charge is -2.13. The van der Waals surface area contributed by atoms with Gasteiger partial charge in [-0.1, -0.05) is 5.04 Å². The van der Waals surface area contributed by atoms with Crippen LogP contribution in [0.3, 0.4) is 0 Å². The lowest BCUT2D eigenvalue weighted by molar-refractivity contribution is -0.435. The Morgan fingerprint density at radius 3 is 2.31 bits per heavy atom. The third-order valence-corrected chi connectivity index (χ3v) is 8.22. The van der Waals surface area contributed by atoms with Gasteiger partial charge in [-0.2, -0.15) is 25.4 Å². The highest BCUT2D eigenvalue weighted by Crippen LogP contribution is 2.46. The Morgan fingerprint density at radius 2 is 1.69 bits per heavy atom. The Morgan fingerprint density at radius 1 is 0.976 bits per heavy atom. The van der Waals surface area contributed by atoms with E-state index in [0.29, 0.717) is 12.0 Å². The molecule has 19 nitrogen and oxygen atoms in total. The fraction of sp³-hybridized carbons (Fsp3) is 0.111. The molecule has 3 aromatic carbocycles. The molecule has 0 aromatic heterocycles. The number of phenols is 1. The Bertz CT molecular complexity index is 1780. The van der Waals surface area contributed by atoms with E-state index in [2.05, 4.69) is 23.8 Å². The van der Waals surface area contributed by atoms with Crippen LogP contribution in [0, 0.1) is 0 Å². The van der Waals surface area contributed by atoms with Gasteiger partial charge in [0.05, 0.1) is 30.1 Å². The molecule has 0 spiro atoms. The van der Waals surface area contributed by atoms with Gasteiger partial charge in [0.2, 0.25) is 0 Å². The number of anilines is 1. The summed E-state index contributed by atoms with van der Waals surface area (Å²) in [4.78, 5) is 3.08. The molecule has 0 aliphatic carbocycles. The molecule has 0 radical (unpaired) electrons. The molecule has 0 bridgehead atoms. The number of nitrogens with two attached hydrogens (primary N) is 1. The van der Waals surface area contributed by atoms with Gasteiger partial charge in [-0.15, -0.1) is 14.6 Å². The Hall–Kier alpha value is -2.85. The molecule has 0 aliphatic rings. The molecule has 3 aromatic rings. The van der Waals surface area contributed by atoms with Crippen LogP contribution in [0.25, 0.3) is 10.8 Å². The van der Waals surface area contributed by atoms with E-state index in [1.54, 1.807) is 0 Å². The van der Waals surface area contributed by atoms with Gasteiger partial charge in [-0.3, -0.25) is 13.7 Å². The number of nitrogens with zero attached hydrogens (tertiary/aromatic N) is 2. The molecule has 0 heterocycles. The molecule has 0 aliphatic heterocycles. The number of nitrogen functional groups attached to an aromatic ring is 1. The summed E-state index contributed by atoms with van der Waals surface area (Å²) < 4.78 is 112. The Balaban J connectivity index is 2.00. The number of azo groups is 1. The summed E-state index contributed by atoms with van der Waals surface area (Å²) in [6.45, 7) is -0.309. The van der Waals surface area contributed by atoms with Crippen molar-refractivity contribution in [1.29, 1.82) is 0 Å². The van der Waals surface area contributed by atoms with E-state index >= 15 is 0 Å². The minimum atomic E-state index is -4.97. The van der Waals surface area contributed by atoms with Crippen molar-refractivity contribution < 1.29 is 72.1 Å². The van der Waals surface area contributed by atoms with Crippen molar-refractivity contribution in [2.75, 3.05) is 18.1 Å². The monoisotopic (exact) mass is 691 g/mol. The second-order valence-electron chi connectivity index (χ2n) is 7.35. The minimum absolute atomic E-state index is 0.0428. The van der Waals surface area contributed by atoms with E-state index in [-0.39, 0.29) is 22.6 Å². The molecule has 0 fully saturated rings. The maximum Gasteiger partial charge on any atom is 0.357 e. The number of rotatable bonds is 14. The van der Waals surface area contributed by atoms with Crippen molar-refractivity contribution in [3.63, 3.8) is 0 Å². The smallest absolute Gasteiger partial charge is 0.357 e. The first-order valence-electron chi connectivity index (χ1n) is 10.3. The molecular formula is C18H17N3O16S5. The normalized spacial score (nSPS) is 13.9. The predicted octanol–water partition coefficient (Wildman–Crippen LogP) is 2.59. The van der Waals surface area contributed by atoms with Crippen LogP contribution in [0.2, 0.25) is 0 Å². The first kappa shape index (κ1) is 33.6. The molecule has 24 heteroatoms. The van der Waals surface area contributed by atoms with Gasteiger partial charge in [-0.25, -0.2) is 14.4 Å². The van der Waals surface area contributed by atoms with Crippen LogP contribution < -0.4 is 9.92 Å². The molecule has 3 rings (SSSR count).